The van der Waals surface area contributed by atoms with Crippen LogP contribution in [0.1, 0.15) is 32.0 Å². The Bertz CT molecular complexity index is 203. The van der Waals surface area contributed by atoms with Gasteiger partial charge in [-0.15, -0.1) is 0 Å². The Morgan fingerprint density at radius 3 is 2.82 bits per heavy atom. The molecule has 0 aliphatic carbocycles. The van der Waals surface area contributed by atoms with Crippen LogP contribution in [0.4, 0.5) is 0 Å². The molecular formula is C9H17N2+. The highest BCUT2D eigenvalue weighted by Crippen LogP contribution is 1.93. The van der Waals surface area contributed by atoms with Gasteiger partial charge in [-0.2, -0.15) is 0 Å². The summed E-state index contributed by atoms with van der Waals surface area (Å²) in [6.07, 6.45) is 8.01. The fraction of sp³-hybridized carbons (Fsp3) is 0.667. The largest absolute Gasteiger partial charge is 0.251 e. The maximum absolute atomic E-state index is 3.16. The third kappa shape index (κ3) is 2.37. The van der Waals surface area contributed by atoms with Crippen molar-refractivity contribution < 1.29 is 4.57 Å². The van der Waals surface area contributed by atoms with Crippen LogP contribution in [0.25, 0.3) is 0 Å². The Balaban J connectivity index is 2.32. The number of unbranched alkanes of at least 4 members (excludes halogenated alkanes) is 2. The fourth-order valence-corrected chi connectivity index (χ4v) is 1.22. The Hall–Kier alpha value is -0.790. The van der Waals surface area contributed by atoms with E-state index in [1.165, 1.54) is 25.1 Å². The summed E-state index contributed by atoms with van der Waals surface area (Å²) in [7, 11) is 0. The average molecular weight is 153 g/mol. The average Bonchev–Trinajstić information content (AvgIpc) is 2.37. The van der Waals surface area contributed by atoms with Crippen LogP contribution in [0.3, 0.4) is 0 Å². The molecular weight excluding hydrogens is 136 g/mol. The summed E-state index contributed by atoms with van der Waals surface area (Å²) in [5, 5.41) is 0. The molecule has 0 saturated carbocycles. The highest BCUT2D eigenvalue weighted by Gasteiger charge is 2.01. The van der Waals surface area contributed by atoms with Crippen LogP contribution >= 0.6 is 0 Å². The molecule has 1 aromatic rings. The van der Waals surface area contributed by atoms with Crippen molar-refractivity contribution in [1.82, 2.24) is 4.98 Å². The predicted molar refractivity (Wildman–Crippen MR) is 45.2 cm³/mol. The summed E-state index contributed by atoms with van der Waals surface area (Å²) in [5.41, 5.74) is 0. The molecule has 11 heavy (non-hydrogen) atoms. The van der Waals surface area contributed by atoms with Gasteiger partial charge in [-0.1, -0.05) is 13.3 Å². The first-order valence-electron chi connectivity index (χ1n) is 4.38. The van der Waals surface area contributed by atoms with E-state index in [0.717, 1.165) is 6.54 Å². The minimum atomic E-state index is 1.16. The van der Waals surface area contributed by atoms with Gasteiger partial charge in [0.15, 0.2) is 0 Å². The van der Waals surface area contributed by atoms with E-state index in [1.54, 1.807) is 0 Å². The SMILES string of the molecule is CCCCC[n+]1cc[nH]c1C. The van der Waals surface area contributed by atoms with Gasteiger partial charge in [0, 0.05) is 6.92 Å². The molecule has 62 valence electrons. The second-order valence-corrected chi connectivity index (χ2v) is 2.95. The quantitative estimate of drug-likeness (QED) is 0.502. The van der Waals surface area contributed by atoms with Crippen molar-refractivity contribution in [2.24, 2.45) is 0 Å². The normalized spacial score (nSPS) is 10.4. The zero-order chi connectivity index (χ0) is 8.10. The molecule has 0 aromatic carbocycles. The number of H-pyrrole nitrogens is 1. The predicted octanol–water partition coefficient (Wildman–Crippen LogP) is 1.80. The lowest BCUT2D eigenvalue weighted by Crippen LogP contribution is -2.34. The van der Waals surface area contributed by atoms with E-state index in [-0.39, 0.29) is 0 Å². The fourth-order valence-electron chi connectivity index (χ4n) is 1.22. The van der Waals surface area contributed by atoms with Gasteiger partial charge in [0.05, 0.1) is 6.54 Å². The van der Waals surface area contributed by atoms with E-state index in [9.17, 15) is 0 Å². The van der Waals surface area contributed by atoms with Gasteiger partial charge in [-0.05, 0) is 12.8 Å². The lowest BCUT2D eigenvalue weighted by atomic mass is 10.2. The number of aromatic nitrogens is 2. The molecule has 0 unspecified atom stereocenters. The van der Waals surface area contributed by atoms with Crippen LogP contribution in [0.5, 0.6) is 0 Å². The van der Waals surface area contributed by atoms with E-state index in [4.69, 9.17) is 0 Å². The molecule has 0 aliphatic heterocycles. The zero-order valence-corrected chi connectivity index (χ0v) is 7.43. The number of aryl methyl sites for hydroxylation is 2. The second kappa shape index (κ2) is 4.16. The molecule has 0 radical (unpaired) electrons. The maximum Gasteiger partial charge on any atom is 0.251 e. The van der Waals surface area contributed by atoms with E-state index < -0.39 is 0 Å². The molecule has 0 saturated heterocycles. The van der Waals surface area contributed by atoms with Gasteiger partial charge in [0.1, 0.15) is 12.4 Å². The van der Waals surface area contributed by atoms with E-state index in [0.29, 0.717) is 0 Å². The molecule has 1 aromatic heterocycles. The van der Waals surface area contributed by atoms with Crippen LogP contribution in [-0.2, 0) is 6.54 Å². The number of nitrogens with one attached hydrogen (secondary N) is 1. The second-order valence-electron chi connectivity index (χ2n) is 2.95. The first-order valence-corrected chi connectivity index (χ1v) is 4.38. The van der Waals surface area contributed by atoms with Crippen molar-refractivity contribution in [3.8, 4) is 0 Å². The van der Waals surface area contributed by atoms with E-state index in [2.05, 4.69) is 29.6 Å². The van der Waals surface area contributed by atoms with Crippen molar-refractivity contribution in [2.75, 3.05) is 0 Å². The Labute approximate surface area is 68.3 Å². The van der Waals surface area contributed by atoms with E-state index >= 15 is 0 Å². The summed E-state index contributed by atoms with van der Waals surface area (Å²) >= 11 is 0. The Morgan fingerprint density at radius 2 is 2.27 bits per heavy atom. The number of hydrogen-bond acceptors (Lipinski definition) is 0. The lowest BCUT2D eigenvalue weighted by molar-refractivity contribution is -0.701. The van der Waals surface area contributed by atoms with Crippen molar-refractivity contribution in [1.29, 1.82) is 0 Å². The molecule has 2 nitrogen and oxygen atoms in total. The molecule has 1 heterocycles. The summed E-state index contributed by atoms with van der Waals surface area (Å²) < 4.78 is 2.26. The van der Waals surface area contributed by atoms with Gasteiger partial charge >= 0.3 is 0 Å². The monoisotopic (exact) mass is 153 g/mol. The third-order valence-corrected chi connectivity index (χ3v) is 1.98. The third-order valence-electron chi connectivity index (χ3n) is 1.98. The van der Waals surface area contributed by atoms with Gasteiger partial charge in [0.2, 0.25) is 0 Å². The smallest absolute Gasteiger partial charge is 0.248 e. The van der Waals surface area contributed by atoms with Crippen molar-refractivity contribution in [3.63, 3.8) is 0 Å². The first kappa shape index (κ1) is 8.31. The summed E-state index contributed by atoms with van der Waals surface area (Å²) in [6, 6.07) is 0. The topological polar surface area (TPSA) is 19.7 Å². The van der Waals surface area contributed by atoms with Gasteiger partial charge in [-0.3, -0.25) is 0 Å². The molecule has 0 aliphatic rings. The molecule has 0 atom stereocenters. The number of aromatic amines is 1. The molecule has 0 spiro atoms. The standard InChI is InChI=1S/C9H16N2/c1-3-4-5-7-11-8-6-10-9(11)2/h6,8H,3-5,7H2,1-2H3/p+1. The summed E-state index contributed by atoms with van der Waals surface area (Å²) in [4.78, 5) is 3.16. The Morgan fingerprint density at radius 1 is 1.45 bits per heavy atom. The van der Waals surface area contributed by atoms with Gasteiger partial charge < -0.3 is 0 Å². The van der Waals surface area contributed by atoms with Gasteiger partial charge in [0.25, 0.3) is 5.82 Å². The number of hydrogen-bond donors (Lipinski definition) is 1. The minimum Gasteiger partial charge on any atom is -0.248 e. The molecule has 1 N–H and O–H groups in total. The zero-order valence-electron chi connectivity index (χ0n) is 7.43. The van der Waals surface area contributed by atoms with Crippen molar-refractivity contribution in [3.05, 3.63) is 18.2 Å². The molecule has 2 heteroatoms. The molecule has 1 rings (SSSR count). The molecule has 0 amide bonds. The number of rotatable bonds is 4. The minimum absolute atomic E-state index is 1.16. The van der Waals surface area contributed by atoms with E-state index in [1.807, 2.05) is 6.20 Å². The van der Waals surface area contributed by atoms with Crippen LogP contribution in [0.2, 0.25) is 0 Å². The summed E-state index contributed by atoms with van der Waals surface area (Å²) in [6.45, 7) is 5.49. The van der Waals surface area contributed by atoms with Gasteiger partial charge in [-0.25, -0.2) is 9.55 Å². The van der Waals surface area contributed by atoms with Crippen LogP contribution in [-0.4, -0.2) is 4.98 Å². The molecule has 0 bridgehead atoms. The number of nitrogens with zero attached hydrogens (tertiary/aromatic N) is 1. The first-order chi connectivity index (χ1) is 5.34. The molecule has 0 fully saturated rings. The Kier molecular flexibility index (Phi) is 3.14. The van der Waals surface area contributed by atoms with Crippen molar-refractivity contribution >= 4 is 0 Å². The highest BCUT2D eigenvalue weighted by molar-refractivity contribution is 4.70. The maximum atomic E-state index is 3.16. The van der Waals surface area contributed by atoms with Crippen LogP contribution < -0.4 is 4.57 Å². The van der Waals surface area contributed by atoms with Crippen molar-refractivity contribution in [2.45, 2.75) is 39.7 Å². The van der Waals surface area contributed by atoms with Crippen LogP contribution in [0.15, 0.2) is 12.4 Å². The van der Waals surface area contributed by atoms with Crippen LogP contribution in [0, 0.1) is 6.92 Å². The lowest BCUT2D eigenvalue weighted by Gasteiger charge is -1.95. The number of imidazole rings is 1. The highest BCUT2D eigenvalue weighted by atomic mass is 15.0. The summed E-state index contributed by atoms with van der Waals surface area (Å²) in [5.74, 6) is 1.25.